The number of aryl methyl sites for hydroxylation is 1. The topological polar surface area (TPSA) is 60.9 Å². The molecule has 22 heavy (non-hydrogen) atoms. The molecule has 0 saturated carbocycles. The van der Waals surface area contributed by atoms with Crippen molar-refractivity contribution in [2.75, 3.05) is 24.5 Å². The number of aliphatic hydroxyl groups excluding tert-OH is 1. The van der Waals surface area contributed by atoms with Crippen LogP contribution >= 0.6 is 0 Å². The van der Waals surface area contributed by atoms with Crippen LogP contribution in [-0.2, 0) is 16.0 Å². The highest BCUT2D eigenvalue weighted by Crippen LogP contribution is 2.30. The van der Waals surface area contributed by atoms with Gasteiger partial charge in [0, 0.05) is 31.7 Å². The summed E-state index contributed by atoms with van der Waals surface area (Å²) in [4.78, 5) is 28.3. The summed E-state index contributed by atoms with van der Waals surface area (Å²) in [6.07, 6.45) is 1.34. The number of nitrogens with zero attached hydrogens (tertiary/aromatic N) is 2. The summed E-state index contributed by atoms with van der Waals surface area (Å²) in [5.41, 5.74) is 2.05. The van der Waals surface area contributed by atoms with Gasteiger partial charge in [-0.25, -0.2) is 0 Å². The maximum absolute atomic E-state index is 12.5. The number of para-hydroxylation sites is 1. The Morgan fingerprint density at radius 3 is 2.77 bits per heavy atom. The summed E-state index contributed by atoms with van der Waals surface area (Å²) < 4.78 is 0. The standard InChI is InChI=1S/C17H22N2O3/c1-2-12-5-3-4-6-15(12)19-10-13(9-16(19)21)17(22)18-8-7-14(20)11-18/h3-6,13-14,20H,2,7-11H2,1H3/t13?,14-/m1/s1. The van der Waals surface area contributed by atoms with Gasteiger partial charge in [-0.3, -0.25) is 9.59 Å². The molecule has 0 spiro atoms. The van der Waals surface area contributed by atoms with Crippen LogP contribution in [0.2, 0.25) is 0 Å². The molecule has 2 aliphatic rings. The molecule has 2 heterocycles. The first-order valence-corrected chi connectivity index (χ1v) is 7.95. The minimum atomic E-state index is -0.419. The van der Waals surface area contributed by atoms with Crippen LogP contribution in [0, 0.1) is 5.92 Å². The minimum Gasteiger partial charge on any atom is -0.391 e. The molecule has 1 unspecified atom stereocenters. The number of anilines is 1. The van der Waals surface area contributed by atoms with Crippen LogP contribution in [0.25, 0.3) is 0 Å². The Morgan fingerprint density at radius 2 is 2.09 bits per heavy atom. The van der Waals surface area contributed by atoms with Crippen molar-refractivity contribution in [3.05, 3.63) is 29.8 Å². The number of rotatable bonds is 3. The van der Waals surface area contributed by atoms with Crippen molar-refractivity contribution >= 4 is 17.5 Å². The van der Waals surface area contributed by atoms with Gasteiger partial charge in [0.2, 0.25) is 11.8 Å². The molecular formula is C17H22N2O3. The van der Waals surface area contributed by atoms with Gasteiger partial charge in [-0.2, -0.15) is 0 Å². The first-order chi connectivity index (χ1) is 10.6. The Labute approximate surface area is 130 Å². The lowest BCUT2D eigenvalue weighted by Gasteiger charge is -2.22. The molecule has 1 aromatic rings. The van der Waals surface area contributed by atoms with Crippen LogP contribution < -0.4 is 4.90 Å². The van der Waals surface area contributed by atoms with Crippen LogP contribution in [0.5, 0.6) is 0 Å². The molecule has 0 aromatic heterocycles. The average molecular weight is 302 g/mol. The second kappa shape index (κ2) is 6.08. The van der Waals surface area contributed by atoms with Crippen LogP contribution in [0.1, 0.15) is 25.3 Å². The summed E-state index contributed by atoms with van der Waals surface area (Å²) in [6, 6.07) is 7.86. The highest BCUT2D eigenvalue weighted by Gasteiger charge is 2.39. The van der Waals surface area contributed by atoms with E-state index in [2.05, 4.69) is 6.92 Å². The van der Waals surface area contributed by atoms with Crippen molar-refractivity contribution in [1.82, 2.24) is 4.90 Å². The summed E-state index contributed by atoms with van der Waals surface area (Å²) in [7, 11) is 0. The molecule has 0 aliphatic carbocycles. The van der Waals surface area contributed by atoms with E-state index in [9.17, 15) is 14.7 Å². The Kier molecular flexibility index (Phi) is 4.16. The molecule has 1 N–H and O–H groups in total. The van der Waals surface area contributed by atoms with Gasteiger partial charge in [0.05, 0.1) is 12.0 Å². The van der Waals surface area contributed by atoms with E-state index in [0.29, 0.717) is 26.1 Å². The normalized spacial score (nSPS) is 25.1. The van der Waals surface area contributed by atoms with E-state index in [0.717, 1.165) is 17.7 Å². The molecule has 2 atom stereocenters. The molecule has 0 bridgehead atoms. The van der Waals surface area contributed by atoms with E-state index in [1.165, 1.54) is 0 Å². The zero-order valence-corrected chi connectivity index (χ0v) is 12.9. The largest absolute Gasteiger partial charge is 0.391 e. The molecule has 118 valence electrons. The number of aliphatic hydroxyl groups is 1. The Bertz CT molecular complexity index is 587. The molecular weight excluding hydrogens is 280 g/mol. The quantitative estimate of drug-likeness (QED) is 0.912. The number of carbonyl (C=O) groups is 2. The lowest BCUT2D eigenvalue weighted by molar-refractivity contribution is -0.135. The Morgan fingerprint density at radius 1 is 1.32 bits per heavy atom. The smallest absolute Gasteiger partial charge is 0.228 e. The van der Waals surface area contributed by atoms with Gasteiger partial charge in [0.15, 0.2) is 0 Å². The van der Waals surface area contributed by atoms with Crippen molar-refractivity contribution in [3.8, 4) is 0 Å². The molecule has 5 heteroatoms. The number of hydrogen-bond acceptors (Lipinski definition) is 3. The lowest BCUT2D eigenvalue weighted by Crippen LogP contribution is -2.36. The monoisotopic (exact) mass is 302 g/mol. The second-order valence-corrected chi connectivity index (χ2v) is 6.11. The first-order valence-electron chi connectivity index (χ1n) is 7.95. The fourth-order valence-electron chi connectivity index (χ4n) is 3.38. The third-order valence-corrected chi connectivity index (χ3v) is 4.61. The van der Waals surface area contributed by atoms with E-state index >= 15 is 0 Å². The van der Waals surface area contributed by atoms with Gasteiger partial charge < -0.3 is 14.9 Å². The van der Waals surface area contributed by atoms with Crippen LogP contribution in [0.15, 0.2) is 24.3 Å². The Balaban J connectivity index is 1.74. The van der Waals surface area contributed by atoms with E-state index < -0.39 is 6.10 Å². The predicted octanol–water partition coefficient (Wildman–Crippen LogP) is 1.20. The molecule has 2 fully saturated rings. The van der Waals surface area contributed by atoms with Crippen LogP contribution in [-0.4, -0.2) is 47.6 Å². The van der Waals surface area contributed by atoms with Crippen molar-refractivity contribution in [1.29, 1.82) is 0 Å². The number of benzene rings is 1. The molecule has 3 rings (SSSR count). The lowest BCUT2D eigenvalue weighted by atomic mass is 10.1. The SMILES string of the molecule is CCc1ccccc1N1CC(C(=O)N2CC[C@@H](O)C2)CC1=O. The summed E-state index contributed by atoms with van der Waals surface area (Å²) in [6.45, 7) is 3.50. The van der Waals surface area contributed by atoms with E-state index in [1.54, 1.807) is 9.80 Å². The number of hydrogen-bond donors (Lipinski definition) is 1. The van der Waals surface area contributed by atoms with E-state index in [1.807, 2.05) is 24.3 Å². The maximum atomic E-state index is 12.5. The number of β-amino-alcohol motifs (C(OH)–C–C–N with tert-alkyl or cyclic N) is 1. The van der Waals surface area contributed by atoms with E-state index in [-0.39, 0.29) is 24.2 Å². The van der Waals surface area contributed by atoms with Gasteiger partial charge >= 0.3 is 0 Å². The molecule has 5 nitrogen and oxygen atoms in total. The van der Waals surface area contributed by atoms with Gasteiger partial charge in [-0.05, 0) is 24.5 Å². The Hall–Kier alpha value is -1.88. The van der Waals surface area contributed by atoms with E-state index in [4.69, 9.17) is 0 Å². The predicted molar refractivity (Wildman–Crippen MR) is 83.5 cm³/mol. The third kappa shape index (κ3) is 2.73. The average Bonchev–Trinajstić information content (AvgIpc) is 3.12. The van der Waals surface area contributed by atoms with Crippen molar-refractivity contribution < 1.29 is 14.7 Å². The second-order valence-electron chi connectivity index (χ2n) is 6.11. The molecule has 2 aliphatic heterocycles. The van der Waals surface area contributed by atoms with Crippen molar-refractivity contribution in [2.45, 2.75) is 32.3 Å². The number of amides is 2. The van der Waals surface area contributed by atoms with Crippen LogP contribution in [0.4, 0.5) is 5.69 Å². The fraction of sp³-hybridized carbons (Fsp3) is 0.529. The van der Waals surface area contributed by atoms with Crippen molar-refractivity contribution in [2.24, 2.45) is 5.92 Å². The van der Waals surface area contributed by atoms with Gasteiger partial charge in [0.1, 0.15) is 0 Å². The van der Waals surface area contributed by atoms with Gasteiger partial charge in [-0.1, -0.05) is 25.1 Å². The molecule has 0 radical (unpaired) electrons. The first kappa shape index (κ1) is 15.0. The number of carbonyl (C=O) groups excluding carboxylic acids is 2. The van der Waals surface area contributed by atoms with Gasteiger partial charge in [-0.15, -0.1) is 0 Å². The number of likely N-dealkylation sites (tertiary alicyclic amines) is 1. The highest BCUT2D eigenvalue weighted by molar-refractivity contribution is 6.00. The fourth-order valence-corrected chi connectivity index (χ4v) is 3.38. The molecule has 1 aromatic carbocycles. The summed E-state index contributed by atoms with van der Waals surface area (Å²) >= 11 is 0. The maximum Gasteiger partial charge on any atom is 0.228 e. The minimum absolute atomic E-state index is 0.00128. The molecule has 2 saturated heterocycles. The van der Waals surface area contributed by atoms with Crippen LogP contribution in [0.3, 0.4) is 0 Å². The third-order valence-electron chi connectivity index (χ3n) is 4.61. The molecule has 2 amide bonds. The summed E-state index contributed by atoms with van der Waals surface area (Å²) in [5.74, 6) is -0.275. The highest BCUT2D eigenvalue weighted by atomic mass is 16.3. The zero-order chi connectivity index (χ0) is 15.7. The van der Waals surface area contributed by atoms with Gasteiger partial charge in [0.25, 0.3) is 0 Å². The zero-order valence-electron chi connectivity index (χ0n) is 12.9. The van der Waals surface area contributed by atoms with Crippen molar-refractivity contribution in [3.63, 3.8) is 0 Å². The summed E-state index contributed by atoms with van der Waals surface area (Å²) in [5, 5.41) is 9.57.